The summed E-state index contributed by atoms with van der Waals surface area (Å²) < 4.78 is 0. The molecule has 0 aromatic heterocycles. The van der Waals surface area contributed by atoms with Crippen LogP contribution in [0.3, 0.4) is 0 Å². The van der Waals surface area contributed by atoms with Gasteiger partial charge in [-0.1, -0.05) is 13.3 Å². The van der Waals surface area contributed by atoms with E-state index >= 15 is 0 Å². The summed E-state index contributed by atoms with van der Waals surface area (Å²) in [6.07, 6.45) is 3.72. The van der Waals surface area contributed by atoms with Gasteiger partial charge in [0.25, 0.3) is 5.91 Å². The molecule has 1 fully saturated rings. The molecule has 1 aliphatic heterocycles. The molecule has 1 aromatic rings. The number of nitrogen functional groups attached to an aromatic ring is 1. The minimum atomic E-state index is -0.0643. The van der Waals surface area contributed by atoms with Crippen LogP contribution in [0.15, 0.2) is 18.2 Å². The number of carbonyl (C=O) groups is 1. The average molecular weight is 261 g/mol. The van der Waals surface area contributed by atoms with E-state index < -0.39 is 0 Å². The van der Waals surface area contributed by atoms with Gasteiger partial charge in [0, 0.05) is 25.7 Å². The molecule has 104 valence electrons. The predicted octanol–water partition coefficient (Wildman–Crippen LogP) is 2.25. The third kappa shape index (κ3) is 3.00. The van der Waals surface area contributed by atoms with Crippen molar-refractivity contribution >= 4 is 17.3 Å². The molecule has 3 N–H and O–H groups in total. The Morgan fingerprint density at radius 1 is 1.53 bits per heavy atom. The number of rotatable bonds is 4. The zero-order valence-electron chi connectivity index (χ0n) is 11.8. The molecule has 2 rings (SSSR count). The second-order valence-corrected chi connectivity index (χ2v) is 5.24. The summed E-state index contributed by atoms with van der Waals surface area (Å²) in [5.74, 6) is 0.693. The lowest BCUT2D eigenvalue weighted by molar-refractivity contribution is 0.0963. The molecule has 0 spiro atoms. The monoisotopic (exact) mass is 261 g/mol. The van der Waals surface area contributed by atoms with Crippen LogP contribution in [0.1, 0.15) is 36.5 Å². The normalized spacial score (nSPS) is 18.6. The summed E-state index contributed by atoms with van der Waals surface area (Å²) in [4.78, 5) is 14.0. The first kappa shape index (κ1) is 13.7. The van der Waals surface area contributed by atoms with Gasteiger partial charge in [-0.15, -0.1) is 0 Å². The highest BCUT2D eigenvalue weighted by molar-refractivity contribution is 5.96. The second-order valence-electron chi connectivity index (χ2n) is 5.24. The van der Waals surface area contributed by atoms with Crippen LogP contribution in [-0.4, -0.2) is 26.0 Å². The van der Waals surface area contributed by atoms with Crippen LogP contribution >= 0.6 is 0 Å². The number of hydrogen-bond donors (Lipinski definition) is 2. The van der Waals surface area contributed by atoms with Gasteiger partial charge in [-0.05, 0) is 37.0 Å². The van der Waals surface area contributed by atoms with Crippen LogP contribution in [-0.2, 0) is 0 Å². The van der Waals surface area contributed by atoms with Crippen LogP contribution in [0.25, 0.3) is 0 Å². The van der Waals surface area contributed by atoms with Crippen molar-refractivity contribution in [2.75, 3.05) is 30.8 Å². The van der Waals surface area contributed by atoms with E-state index in [0.29, 0.717) is 5.56 Å². The van der Waals surface area contributed by atoms with Gasteiger partial charge in [0.05, 0.1) is 11.4 Å². The van der Waals surface area contributed by atoms with Crippen molar-refractivity contribution in [1.82, 2.24) is 5.32 Å². The van der Waals surface area contributed by atoms with Crippen LogP contribution in [0, 0.1) is 5.92 Å². The second kappa shape index (κ2) is 5.95. The molecule has 1 aromatic carbocycles. The Balaban J connectivity index is 2.18. The number of amides is 1. The predicted molar refractivity (Wildman–Crippen MR) is 79.5 cm³/mol. The molecule has 1 amide bonds. The van der Waals surface area contributed by atoms with Crippen molar-refractivity contribution in [2.45, 2.75) is 26.2 Å². The summed E-state index contributed by atoms with van der Waals surface area (Å²) in [5, 5.41) is 2.65. The summed E-state index contributed by atoms with van der Waals surface area (Å²) in [6, 6.07) is 5.51. The highest BCUT2D eigenvalue weighted by Crippen LogP contribution is 2.31. The van der Waals surface area contributed by atoms with Crippen LogP contribution < -0.4 is 16.0 Å². The minimum absolute atomic E-state index is 0.0643. The van der Waals surface area contributed by atoms with E-state index in [9.17, 15) is 4.79 Å². The molecule has 1 saturated heterocycles. The van der Waals surface area contributed by atoms with Crippen molar-refractivity contribution in [3.05, 3.63) is 23.8 Å². The van der Waals surface area contributed by atoms with Crippen molar-refractivity contribution in [3.8, 4) is 0 Å². The molecule has 1 atom stereocenters. The van der Waals surface area contributed by atoms with E-state index in [1.807, 2.05) is 12.1 Å². The summed E-state index contributed by atoms with van der Waals surface area (Å²) in [5.41, 5.74) is 8.48. The third-order valence-corrected chi connectivity index (χ3v) is 3.84. The van der Waals surface area contributed by atoms with Crippen molar-refractivity contribution in [3.63, 3.8) is 0 Å². The fraction of sp³-hybridized carbons (Fsp3) is 0.533. The first-order chi connectivity index (χ1) is 9.15. The molecule has 4 nitrogen and oxygen atoms in total. The van der Waals surface area contributed by atoms with Crippen LogP contribution in [0.5, 0.6) is 0 Å². The molecule has 1 unspecified atom stereocenters. The number of benzene rings is 1. The van der Waals surface area contributed by atoms with Gasteiger partial charge in [-0.3, -0.25) is 4.79 Å². The topological polar surface area (TPSA) is 58.4 Å². The molecule has 0 aliphatic carbocycles. The van der Waals surface area contributed by atoms with E-state index in [4.69, 9.17) is 5.73 Å². The Morgan fingerprint density at radius 2 is 2.32 bits per heavy atom. The average Bonchev–Trinajstić information content (AvgIpc) is 2.87. The molecule has 4 heteroatoms. The lowest BCUT2D eigenvalue weighted by Crippen LogP contribution is -2.23. The number of anilines is 2. The maximum absolute atomic E-state index is 11.7. The third-order valence-electron chi connectivity index (χ3n) is 3.84. The quantitative estimate of drug-likeness (QED) is 0.817. The van der Waals surface area contributed by atoms with Crippen molar-refractivity contribution in [1.29, 1.82) is 0 Å². The lowest BCUT2D eigenvalue weighted by Gasteiger charge is -2.21. The van der Waals surface area contributed by atoms with Crippen LogP contribution in [0.4, 0.5) is 11.4 Å². The largest absolute Gasteiger partial charge is 0.397 e. The Kier molecular flexibility index (Phi) is 4.30. The van der Waals surface area contributed by atoms with E-state index in [1.165, 1.54) is 19.3 Å². The first-order valence-electron chi connectivity index (χ1n) is 7.02. The molecule has 1 aliphatic rings. The molecular formula is C15H23N3O. The van der Waals surface area contributed by atoms with Gasteiger partial charge in [0.2, 0.25) is 0 Å². The summed E-state index contributed by atoms with van der Waals surface area (Å²) in [7, 11) is 1.64. The number of carbonyl (C=O) groups excluding carboxylic acids is 1. The smallest absolute Gasteiger partial charge is 0.251 e. The standard InChI is InChI=1S/C15H23N3O/c1-3-4-11-7-8-18(10-11)14-9-12(15(19)17-2)5-6-13(14)16/h5-6,9,11H,3-4,7-8,10,16H2,1-2H3,(H,17,19). The Labute approximate surface area is 115 Å². The van der Waals surface area contributed by atoms with Gasteiger partial charge in [-0.2, -0.15) is 0 Å². The fourth-order valence-corrected chi connectivity index (χ4v) is 2.80. The van der Waals surface area contributed by atoms with Gasteiger partial charge >= 0.3 is 0 Å². The number of nitrogens with one attached hydrogen (secondary N) is 1. The first-order valence-corrected chi connectivity index (χ1v) is 7.02. The Morgan fingerprint density at radius 3 is 3.00 bits per heavy atom. The van der Waals surface area contributed by atoms with Gasteiger partial charge in [-0.25, -0.2) is 0 Å². The van der Waals surface area contributed by atoms with E-state index in [-0.39, 0.29) is 5.91 Å². The van der Waals surface area contributed by atoms with E-state index in [2.05, 4.69) is 17.1 Å². The highest BCUT2D eigenvalue weighted by atomic mass is 16.1. The molecule has 0 saturated carbocycles. The minimum Gasteiger partial charge on any atom is -0.397 e. The Hall–Kier alpha value is -1.71. The maximum Gasteiger partial charge on any atom is 0.251 e. The fourth-order valence-electron chi connectivity index (χ4n) is 2.80. The van der Waals surface area contributed by atoms with Gasteiger partial charge < -0.3 is 16.0 Å². The molecule has 1 heterocycles. The van der Waals surface area contributed by atoms with E-state index in [0.717, 1.165) is 30.4 Å². The molecule has 19 heavy (non-hydrogen) atoms. The van der Waals surface area contributed by atoms with Crippen LogP contribution in [0.2, 0.25) is 0 Å². The molecule has 0 radical (unpaired) electrons. The molecular weight excluding hydrogens is 238 g/mol. The van der Waals surface area contributed by atoms with Gasteiger partial charge in [0.1, 0.15) is 0 Å². The van der Waals surface area contributed by atoms with E-state index in [1.54, 1.807) is 13.1 Å². The zero-order valence-corrected chi connectivity index (χ0v) is 11.8. The zero-order chi connectivity index (χ0) is 13.8. The maximum atomic E-state index is 11.7. The number of nitrogens with two attached hydrogens (primary N) is 1. The lowest BCUT2D eigenvalue weighted by atomic mass is 10.0. The Bertz CT molecular complexity index is 459. The SMILES string of the molecule is CCCC1CCN(c2cc(C(=O)NC)ccc2N)C1. The van der Waals surface area contributed by atoms with Gasteiger partial charge in [0.15, 0.2) is 0 Å². The number of hydrogen-bond acceptors (Lipinski definition) is 3. The van der Waals surface area contributed by atoms with Crippen molar-refractivity contribution < 1.29 is 4.79 Å². The summed E-state index contributed by atoms with van der Waals surface area (Å²) in [6.45, 7) is 4.31. The molecule has 0 bridgehead atoms. The summed E-state index contributed by atoms with van der Waals surface area (Å²) >= 11 is 0. The highest BCUT2D eigenvalue weighted by Gasteiger charge is 2.23. The van der Waals surface area contributed by atoms with Crippen molar-refractivity contribution in [2.24, 2.45) is 5.92 Å². The number of nitrogens with zero attached hydrogens (tertiary/aromatic N) is 1.